The zero-order valence-corrected chi connectivity index (χ0v) is 9.91. The molecule has 0 bridgehead atoms. The smallest absolute Gasteiger partial charge is 0.313 e. The molecule has 0 amide bonds. The molecule has 0 aliphatic heterocycles. The molecule has 0 radical (unpaired) electrons. The van der Waals surface area contributed by atoms with E-state index in [-0.39, 0.29) is 18.8 Å². The molecule has 0 atom stereocenters. The van der Waals surface area contributed by atoms with Gasteiger partial charge in [0.1, 0.15) is 18.8 Å². The monoisotopic (exact) mass is 270 g/mol. The van der Waals surface area contributed by atoms with E-state index in [2.05, 4.69) is 15.9 Å². The average molecular weight is 271 g/mol. The molecule has 0 N–H and O–H groups in total. The molecule has 0 aliphatic rings. The van der Waals surface area contributed by atoms with Crippen molar-refractivity contribution in [3.05, 3.63) is 34.3 Å². The van der Waals surface area contributed by atoms with Gasteiger partial charge in [-0.1, -0.05) is 28.1 Å². The largest absolute Gasteiger partial charge is 0.460 e. The number of hydrogen-bond acceptors (Lipinski definition) is 3. The van der Waals surface area contributed by atoms with Crippen LogP contribution in [0.5, 0.6) is 0 Å². The van der Waals surface area contributed by atoms with E-state index >= 15 is 0 Å². The van der Waals surface area contributed by atoms with Gasteiger partial charge in [-0.15, -0.1) is 0 Å². The Labute approximate surface area is 96.6 Å². The third kappa shape index (κ3) is 4.74. The summed E-state index contributed by atoms with van der Waals surface area (Å²) in [6.07, 6.45) is -0.159. The number of halogens is 1. The van der Waals surface area contributed by atoms with E-state index in [1.54, 1.807) is 0 Å². The summed E-state index contributed by atoms with van der Waals surface area (Å²) < 4.78 is 5.85. The first-order valence-corrected chi connectivity index (χ1v) is 5.27. The molecule has 0 saturated heterocycles. The summed E-state index contributed by atoms with van der Waals surface area (Å²) >= 11 is 3.31. The summed E-state index contributed by atoms with van der Waals surface area (Å²) in [5, 5.41) is 0. The van der Waals surface area contributed by atoms with E-state index in [1.807, 2.05) is 24.3 Å². The number of carbonyl (C=O) groups is 2. The summed E-state index contributed by atoms with van der Waals surface area (Å²) in [4.78, 5) is 21.7. The van der Waals surface area contributed by atoms with Crippen LogP contribution in [0.25, 0.3) is 0 Å². The van der Waals surface area contributed by atoms with Crippen molar-refractivity contribution in [2.45, 2.75) is 20.0 Å². The molecule has 4 heteroatoms. The number of hydrogen-bond donors (Lipinski definition) is 0. The molecule has 0 unspecified atom stereocenters. The Kier molecular flexibility index (Phi) is 4.49. The van der Waals surface area contributed by atoms with Gasteiger partial charge in [-0.25, -0.2) is 0 Å². The highest BCUT2D eigenvalue weighted by molar-refractivity contribution is 9.10. The maximum atomic E-state index is 11.1. The lowest BCUT2D eigenvalue weighted by Crippen LogP contribution is -2.08. The van der Waals surface area contributed by atoms with Gasteiger partial charge in [-0.3, -0.25) is 9.59 Å². The molecule has 0 aromatic heterocycles. The van der Waals surface area contributed by atoms with Crippen LogP contribution >= 0.6 is 15.9 Å². The van der Waals surface area contributed by atoms with Crippen LogP contribution in [0.1, 0.15) is 18.9 Å². The minimum absolute atomic E-state index is 0.159. The summed E-state index contributed by atoms with van der Waals surface area (Å²) in [6, 6.07) is 7.46. The highest BCUT2D eigenvalue weighted by Gasteiger charge is 2.06. The first kappa shape index (κ1) is 11.9. The maximum absolute atomic E-state index is 11.1. The highest BCUT2D eigenvalue weighted by Crippen LogP contribution is 2.12. The number of rotatable bonds is 4. The van der Waals surface area contributed by atoms with Crippen molar-refractivity contribution in [2.24, 2.45) is 0 Å². The van der Waals surface area contributed by atoms with Gasteiger partial charge in [-0.05, 0) is 24.6 Å². The lowest BCUT2D eigenvalue weighted by molar-refractivity contribution is -0.146. The molecule has 1 aromatic carbocycles. The third-order valence-electron chi connectivity index (χ3n) is 1.68. The normalized spacial score (nSPS) is 9.73. The van der Waals surface area contributed by atoms with Crippen molar-refractivity contribution in [1.29, 1.82) is 0 Å². The molecule has 0 aliphatic carbocycles. The fraction of sp³-hybridized carbons (Fsp3) is 0.273. The quantitative estimate of drug-likeness (QED) is 0.624. The Bertz CT molecular complexity index is 374. The molecule has 15 heavy (non-hydrogen) atoms. The summed E-state index contributed by atoms with van der Waals surface area (Å²) in [6.45, 7) is 1.56. The molecule has 1 rings (SSSR count). The van der Waals surface area contributed by atoms with Crippen molar-refractivity contribution in [2.75, 3.05) is 0 Å². The van der Waals surface area contributed by atoms with Crippen LogP contribution in [-0.2, 0) is 20.9 Å². The molecule has 0 spiro atoms. The van der Waals surface area contributed by atoms with Crippen molar-refractivity contribution in [1.82, 2.24) is 0 Å². The van der Waals surface area contributed by atoms with Gasteiger partial charge in [-0.2, -0.15) is 0 Å². The minimum Gasteiger partial charge on any atom is -0.460 e. The Balaban J connectivity index is 2.43. The average Bonchev–Trinajstić information content (AvgIpc) is 2.14. The van der Waals surface area contributed by atoms with E-state index in [4.69, 9.17) is 4.74 Å². The fourth-order valence-corrected chi connectivity index (χ4v) is 1.49. The molecule has 80 valence electrons. The zero-order valence-electron chi connectivity index (χ0n) is 8.33. The van der Waals surface area contributed by atoms with E-state index in [1.165, 1.54) is 6.92 Å². The van der Waals surface area contributed by atoms with Crippen LogP contribution < -0.4 is 0 Å². The number of benzene rings is 1. The molecule has 0 heterocycles. The van der Waals surface area contributed by atoms with Crippen LogP contribution in [0.2, 0.25) is 0 Å². The van der Waals surface area contributed by atoms with Crippen LogP contribution in [0.3, 0.4) is 0 Å². The first-order chi connectivity index (χ1) is 7.08. The Morgan fingerprint density at radius 1 is 1.40 bits per heavy atom. The first-order valence-electron chi connectivity index (χ1n) is 4.47. The minimum atomic E-state index is -0.484. The molecule has 0 fully saturated rings. The third-order valence-corrected chi connectivity index (χ3v) is 2.18. The number of ether oxygens (including phenoxy) is 1. The van der Waals surface area contributed by atoms with Gasteiger partial charge < -0.3 is 4.74 Å². The Morgan fingerprint density at radius 3 is 2.73 bits per heavy atom. The SMILES string of the molecule is CC(=O)CC(=O)OCc1cccc(Br)c1. The summed E-state index contributed by atoms with van der Waals surface area (Å²) in [5.41, 5.74) is 0.890. The Hall–Kier alpha value is -1.16. The Morgan fingerprint density at radius 2 is 2.13 bits per heavy atom. The number of carbonyl (C=O) groups excluding carboxylic acids is 2. The molecule has 0 saturated carbocycles. The van der Waals surface area contributed by atoms with Gasteiger partial charge in [0.2, 0.25) is 0 Å². The van der Waals surface area contributed by atoms with Gasteiger partial charge >= 0.3 is 5.97 Å². The van der Waals surface area contributed by atoms with Gasteiger partial charge in [0.05, 0.1) is 0 Å². The zero-order chi connectivity index (χ0) is 11.3. The summed E-state index contributed by atoms with van der Waals surface area (Å²) in [5.74, 6) is -0.670. The molecular weight excluding hydrogens is 260 g/mol. The second-order valence-corrected chi connectivity index (χ2v) is 4.09. The van der Waals surface area contributed by atoms with Crippen molar-refractivity contribution in [3.8, 4) is 0 Å². The highest BCUT2D eigenvalue weighted by atomic mass is 79.9. The standard InChI is InChI=1S/C11H11BrO3/c1-8(13)5-11(14)15-7-9-3-2-4-10(12)6-9/h2-4,6H,5,7H2,1H3. The van der Waals surface area contributed by atoms with E-state index in [0.29, 0.717) is 0 Å². The van der Waals surface area contributed by atoms with E-state index in [9.17, 15) is 9.59 Å². The lowest BCUT2D eigenvalue weighted by Gasteiger charge is -2.03. The van der Waals surface area contributed by atoms with E-state index in [0.717, 1.165) is 10.0 Å². The van der Waals surface area contributed by atoms with Gasteiger partial charge in [0.25, 0.3) is 0 Å². The van der Waals surface area contributed by atoms with E-state index < -0.39 is 5.97 Å². The number of ketones is 1. The topological polar surface area (TPSA) is 43.4 Å². The molecule has 3 nitrogen and oxygen atoms in total. The van der Waals surface area contributed by atoms with Crippen LogP contribution in [0, 0.1) is 0 Å². The lowest BCUT2D eigenvalue weighted by atomic mass is 10.2. The fourth-order valence-electron chi connectivity index (χ4n) is 1.04. The van der Waals surface area contributed by atoms with Crippen LogP contribution in [0.15, 0.2) is 28.7 Å². The molecular formula is C11H11BrO3. The van der Waals surface area contributed by atoms with Crippen molar-refractivity contribution >= 4 is 27.7 Å². The van der Waals surface area contributed by atoms with Crippen LogP contribution in [0.4, 0.5) is 0 Å². The second-order valence-electron chi connectivity index (χ2n) is 3.17. The predicted octanol–water partition coefficient (Wildman–Crippen LogP) is 2.47. The maximum Gasteiger partial charge on any atom is 0.313 e. The predicted molar refractivity (Wildman–Crippen MR) is 59.2 cm³/mol. The van der Waals surface area contributed by atoms with Crippen LogP contribution in [-0.4, -0.2) is 11.8 Å². The molecule has 1 aromatic rings. The van der Waals surface area contributed by atoms with Crippen molar-refractivity contribution < 1.29 is 14.3 Å². The number of Topliss-reactive ketones (excluding diaryl/α,β-unsaturated/α-hetero) is 1. The number of esters is 1. The second kappa shape index (κ2) is 5.66. The van der Waals surface area contributed by atoms with Crippen molar-refractivity contribution in [3.63, 3.8) is 0 Å². The summed E-state index contributed by atoms with van der Waals surface area (Å²) in [7, 11) is 0. The van der Waals surface area contributed by atoms with Gasteiger partial charge in [0, 0.05) is 4.47 Å². The van der Waals surface area contributed by atoms with Gasteiger partial charge in [0.15, 0.2) is 0 Å².